The third-order valence-corrected chi connectivity index (χ3v) is 5.85. The lowest BCUT2D eigenvalue weighted by molar-refractivity contribution is -0.113. The number of para-hydroxylation sites is 1. The largest absolute Gasteiger partial charge is 0.323 e. The van der Waals surface area contributed by atoms with Crippen LogP contribution in [0.25, 0.3) is 0 Å². The molecule has 0 spiro atoms. The van der Waals surface area contributed by atoms with E-state index in [1.807, 2.05) is 10.6 Å². The molecule has 1 aliphatic carbocycles. The number of rotatable bonds is 8. The molecule has 2 unspecified atom stereocenters. The summed E-state index contributed by atoms with van der Waals surface area (Å²) in [6.07, 6.45) is 2.84. The maximum absolute atomic E-state index is 13.7. The smallest absolute Gasteiger partial charge is 0.234 e. The topological polar surface area (TPSA) is 59.8 Å². The van der Waals surface area contributed by atoms with Crippen LogP contribution in [0.1, 0.15) is 29.6 Å². The van der Waals surface area contributed by atoms with E-state index in [2.05, 4.69) is 46.4 Å². The van der Waals surface area contributed by atoms with Crippen LogP contribution < -0.4 is 5.32 Å². The predicted molar refractivity (Wildman–Crippen MR) is 113 cm³/mol. The fourth-order valence-corrected chi connectivity index (χ4v) is 4.16. The average molecular weight is 409 g/mol. The number of hydrogen-bond donors (Lipinski definition) is 1. The Kier molecular flexibility index (Phi) is 5.76. The van der Waals surface area contributed by atoms with Crippen LogP contribution in [-0.2, 0) is 11.3 Å². The van der Waals surface area contributed by atoms with Crippen molar-refractivity contribution >= 4 is 23.4 Å². The number of nitrogens with zero attached hydrogens (tertiary/aromatic N) is 3. The van der Waals surface area contributed by atoms with Gasteiger partial charge in [-0.25, -0.2) is 4.39 Å². The zero-order valence-electron chi connectivity index (χ0n) is 15.8. The Bertz CT molecular complexity index is 1020. The van der Waals surface area contributed by atoms with Crippen molar-refractivity contribution in [1.82, 2.24) is 14.8 Å². The van der Waals surface area contributed by atoms with E-state index in [1.54, 1.807) is 18.2 Å². The molecule has 2 atom stereocenters. The van der Waals surface area contributed by atoms with E-state index in [4.69, 9.17) is 0 Å². The Labute approximate surface area is 173 Å². The van der Waals surface area contributed by atoms with E-state index >= 15 is 0 Å². The summed E-state index contributed by atoms with van der Waals surface area (Å²) in [5.41, 5.74) is 1.49. The van der Waals surface area contributed by atoms with E-state index in [1.165, 1.54) is 29.5 Å². The number of carbonyl (C=O) groups excluding carboxylic acids is 1. The summed E-state index contributed by atoms with van der Waals surface area (Å²) >= 11 is 1.29. The summed E-state index contributed by atoms with van der Waals surface area (Å²) in [5.74, 6) is 1.08. The summed E-state index contributed by atoms with van der Waals surface area (Å²) in [6.45, 7) is 4.41. The van der Waals surface area contributed by atoms with E-state index in [9.17, 15) is 9.18 Å². The Morgan fingerprint density at radius 1 is 1.17 bits per heavy atom. The Balaban J connectivity index is 1.43. The minimum atomic E-state index is -0.455. The second-order valence-corrected chi connectivity index (χ2v) is 7.86. The molecule has 148 valence electrons. The highest BCUT2D eigenvalue weighted by atomic mass is 32.2. The number of carbonyl (C=O) groups is 1. The molecule has 1 aromatic heterocycles. The van der Waals surface area contributed by atoms with Crippen LogP contribution in [0.2, 0.25) is 0 Å². The van der Waals surface area contributed by atoms with E-state index in [0.29, 0.717) is 23.5 Å². The number of allylic oxidation sites excluding steroid dienone is 1. The first-order valence-electron chi connectivity index (χ1n) is 9.43. The average Bonchev–Trinajstić information content (AvgIpc) is 3.44. The van der Waals surface area contributed by atoms with Crippen molar-refractivity contribution in [3.63, 3.8) is 0 Å². The first kappa shape index (κ1) is 19.4. The van der Waals surface area contributed by atoms with Gasteiger partial charge in [-0.3, -0.25) is 4.79 Å². The standard InChI is InChI=1S/C22H21FN4OS/c1-2-12-27-21(17-13-16(17)15-8-4-3-5-9-15)25-26-22(27)29-14-20(28)24-19-11-7-6-10-18(19)23/h2-11,16-17H,1,12-14H2,(H,24,28). The van der Waals surface area contributed by atoms with Crippen molar-refractivity contribution in [2.75, 3.05) is 11.1 Å². The Hall–Kier alpha value is -2.93. The Morgan fingerprint density at radius 2 is 1.93 bits per heavy atom. The number of amides is 1. The number of nitrogens with one attached hydrogen (secondary N) is 1. The van der Waals surface area contributed by atoms with Crippen LogP contribution in [0.4, 0.5) is 10.1 Å². The first-order chi connectivity index (χ1) is 14.2. The Morgan fingerprint density at radius 3 is 2.69 bits per heavy atom. The van der Waals surface area contributed by atoms with Crippen LogP contribution in [0, 0.1) is 5.82 Å². The molecule has 0 bridgehead atoms. The maximum Gasteiger partial charge on any atom is 0.234 e. The van der Waals surface area contributed by atoms with Gasteiger partial charge in [0, 0.05) is 12.5 Å². The summed E-state index contributed by atoms with van der Waals surface area (Å²) in [6, 6.07) is 16.5. The van der Waals surface area contributed by atoms with Gasteiger partial charge in [0.1, 0.15) is 11.6 Å². The van der Waals surface area contributed by atoms with Crippen molar-refractivity contribution in [2.45, 2.75) is 30.0 Å². The molecule has 7 heteroatoms. The molecule has 1 heterocycles. The molecule has 2 aromatic carbocycles. The molecule has 5 nitrogen and oxygen atoms in total. The van der Waals surface area contributed by atoms with Crippen LogP contribution in [0.15, 0.2) is 72.4 Å². The van der Waals surface area contributed by atoms with Gasteiger partial charge in [-0.05, 0) is 30.0 Å². The number of hydrogen-bond acceptors (Lipinski definition) is 4. The molecular formula is C22H21FN4OS. The fraction of sp³-hybridized carbons (Fsp3) is 0.227. The highest BCUT2D eigenvalue weighted by molar-refractivity contribution is 7.99. The summed E-state index contributed by atoms with van der Waals surface area (Å²) in [7, 11) is 0. The van der Waals surface area contributed by atoms with Crippen molar-refractivity contribution in [3.8, 4) is 0 Å². The van der Waals surface area contributed by atoms with Gasteiger partial charge in [0.15, 0.2) is 5.16 Å². The zero-order chi connectivity index (χ0) is 20.2. The van der Waals surface area contributed by atoms with Crippen LogP contribution in [-0.4, -0.2) is 26.4 Å². The highest BCUT2D eigenvalue weighted by Crippen LogP contribution is 2.54. The number of thioether (sulfide) groups is 1. The van der Waals surface area contributed by atoms with Gasteiger partial charge in [-0.1, -0.05) is 60.3 Å². The van der Waals surface area contributed by atoms with Gasteiger partial charge in [-0.2, -0.15) is 0 Å². The molecule has 3 aromatic rings. The second kappa shape index (κ2) is 8.61. The molecule has 1 fully saturated rings. The number of halogens is 1. The van der Waals surface area contributed by atoms with E-state index in [-0.39, 0.29) is 17.3 Å². The molecule has 1 aliphatic rings. The molecule has 0 aliphatic heterocycles. The van der Waals surface area contributed by atoms with E-state index in [0.717, 1.165) is 12.2 Å². The van der Waals surface area contributed by atoms with Gasteiger partial charge < -0.3 is 9.88 Å². The number of aromatic nitrogens is 3. The van der Waals surface area contributed by atoms with Crippen LogP contribution in [0.3, 0.4) is 0 Å². The van der Waals surface area contributed by atoms with Gasteiger partial charge in [0.25, 0.3) is 0 Å². The zero-order valence-corrected chi connectivity index (χ0v) is 16.6. The minimum Gasteiger partial charge on any atom is -0.323 e. The SMILES string of the molecule is C=CCn1c(SCC(=O)Nc2ccccc2F)nnc1C1CC1c1ccccc1. The monoisotopic (exact) mass is 408 g/mol. The lowest BCUT2D eigenvalue weighted by Crippen LogP contribution is -2.15. The molecule has 4 rings (SSSR count). The lowest BCUT2D eigenvalue weighted by Gasteiger charge is -2.08. The quantitative estimate of drug-likeness (QED) is 0.437. The number of anilines is 1. The maximum atomic E-state index is 13.7. The summed E-state index contributed by atoms with van der Waals surface area (Å²) in [5, 5.41) is 12.0. The fourth-order valence-electron chi connectivity index (χ4n) is 3.41. The van der Waals surface area contributed by atoms with Crippen LogP contribution >= 0.6 is 11.8 Å². The lowest BCUT2D eigenvalue weighted by atomic mass is 10.1. The molecule has 29 heavy (non-hydrogen) atoms. The van der Waals surface area contributed by atoms with Gasteiger partial charge in [-0.15, -0.1) is 16.8 Å². The highest BCUT2D eigenvalue weighted by Gasteiger charge is 2.43. The third kappa shape index (κ3) is 4.40. The molecule has 0 saturated heterocycles. The molecule has 0 radical (unpaired) electrons. The van der Waals surface area contributed by atoms with E-state index < -0.39 is 5.82 Å². The first-order valence-corrected chi connectivity index (χ1v) is 10.4. The van der Waals surface area contributed by atoms with Gasteiger partial charge in [0.2, 0.25) is 5.91 Å². The van der Waals surface area contributed by atoms with Crippen molar-refractivity contribution in [2.24, 2.45) is 0 Å². The predicted octanol–water partition coefficient (Wildman–Crippen LogP) is 4.61. The molecule has 1 saturated carbocycles. The normalized spacial score (nSPS) is 17.7. The number of benzene rings is 2. The molecular weight excluding hydrogens is 387 g/mol. The second-order valence-electron chi connectivity index (χ2n) is 6.92. The minimum absolute atomic E-state index is 0.121. The van der Waals surface area contributed by atoms with Gasteiger partial charge in [0.05, 0.1) is 11.4 Å². The van der Waals surface area contributed by atoms with Gasteiger partial charge >= 0.3 is 0 Å². The molecule has 1 amide bonds. The summed E-state index contributed by atoms with van der Waals surface area (Å²) < 4.78 is 15.7. The van der Waals surface area contributed by atoms with Crippen LogP contribution in [0.5, 0.6) is 0 Å². The summed E-state index contributed by atoms with van der Waals surface area (Å²) in [4.78, 5) is 12.2. The molecule has 1 N–H and O–H groups in total. The van der Waals surface area contributed by atoms with Crippen molar-refractivity contribution < 1.29 is 9.18 Å². The third-order valence-electron chi connectivity index (χ3n) is 4.89. The van der Waals surface area contributed by atoms with Crippen molar-refractivity contribution in [1.29, 1.82) is 0 Å². The van der Waals surface area contributed by atoms with Crippen molar-refractivity contribution in [3.05, 3.63) is 84.5 Å².